The molecule has 0 aliphatic heterocycles. The third-order valence-electron chi connectivity index (χ3n) is 2.51. The quantitative estimate of drug-likeness (QED) is 0.841. The van der Waals surface area contributed by atoms with Gasteiger partial charge in [-0.05, 0) is 30.2 Å². The average Bonchev–Trinajstić information content (AvgIpc) is 2.36. The fourth-order valence-electron chi connectivity index (χ4n) is 1.76. The van der Waals surface area contributed by atoms with Gasteiger partial charge in [0.25, 0.3) is 0 Å². The number of hydrogen-bond acceptors (Lipinski definition) is 5. The van der Waals surface area contributed by atoms with Gasteiger partial charge in [-0.3, -0.25) is 4.79 Å². The Morgan fingerprint density at radius 2 is 2.10 bits per heavy atom. The molecule has 1 rings (SSSR count). The number of nitrogens with zero attached hydrogens (tertiary/aromatic N) is 1. The number of benzene rings is 1. The Morgan fingerprint density at radius 3 is 2.57 bits per heavy atom. The van der Waals surface area contributed by atoms with Gasteiger partial charge in [-0.25, -0.2) is 0 Å². The second kappa shape index (κ2) is 6.95. The normalized spacial score (nSPS) is 10.9. The van der Waals surface area contributed by atoms with E-state index in [1.807, 2.05) is 0 Å². The number of ether oxygens (including phenoxy) is 2. The van der Waals surface area contributed by atoms with Gasteiger partial charge in [-0.15, -0.1) is 13.2 Å². The highest BCUT2D eigenvalue weighted by Gasteiger charge is 2.31. The van der Waals surface area contributed by atoms with E-state index in [0.29, 0.717) is 5.56 Å². The topological polar surface area (TPSA) is 85.3 Å². The lowest BCUT2D eigenvalue weighted by molar-refractivity contribution is -0.274. The fraction of sp³-hybridized carbons (Fsp3) is 0.385. The average molecular weight is 302 g/mol. The van der Waals surface area contributed by atoms with Crippen molar-refractivity contribution in [3.8, 4) is 11.8 Å². The van der Waals surface area contributed by atoms with Crippen LogP contribution in [0.25, 0.3) is 0 Å². The first kappa shape index (κ1) is 16.8. The number of alkyl halides is 3. The van der Waals surface area contributed by atoms with Gasteiger partial charge in [0.15, 0.2) is 0 Å². The fourth-order valence-corrected chi connectivity index (χ4v) is 1.76. The SMILES string of the molecule is CCOC(=O)Cc1cc(OC(F)(F)F)cc(C#N)c1CN. The summed E-state index contributed by atoms with van der Waals surface area (Å²) in [6, 6.07) is 3.71. The minimum Gasteiger partial charge on any atom is -0.466 e. The number of hydrogen-bond donors (Lipinski definition) is 1. The van der Waals surface area contributed by atoms with E-state index in [1.165, 1.54) is 0 Å². The molecule has 114 valence electrons. The molecule has 0 saturated carbocycles. The number of nitriles is 1. The van der Waals surface area contributed by atoms with Gasteiger partial charge < -0.3 is 15.2 Å². The summed E-state index contributed by atoms with van der Waals surface area (Å²) in [4.78, 5) is 11.5. The number of esters is 1. The van der Waals surface area contributed by atoms with Crippen LogP contribution in [-0.4, -0.2) is 18.9 Å². The molecule has 1 aromatic carbocycles. The van der Waals surface area contributed by atoms with Crippen LogP contribution in [0.3, 0.4) is 0 Å². The Kier molecular flexibility index (Phi) is 5.55. The lowest BCUT2D eigenvalue weighted by Crippen LogP contribution is -2.18. The van der Waals surface area contributed by atoms with Crippen molar-refractivity contribution in [3.05, 3.63) is 28.8 Å². The van der Waals surface area contributed by atoms with Crippen molar-refractivity contribution in [1.82, 2.24) is 0 Å². The van der Waals surface area contributed by atoms with Crippen LogP contribution < -0.4 is 10.5 Å². The summed E-state index contributed by atoms with van der Waals surface area (Å²) < 4.78 is 45.3. The van der Waals surface area contributed by atoms with Gasteiger partial charge in [0.05, 0.1) is 24.7 Å². The Morgan fingerprint density at radius 1 is 1.43 bits per heavy atom. The van der Waals surface area contributed by atoms with Gasteiger partial charge in [0, 0.05) is 6.54 Å². The van der Waals surface area contributed by atoms with E-state index in [-0.39, 0.29) is 30.7 Å². The van der Waals surface area contributed by atoms with E-state index in [4.69, 9.17) is 15.7 Å². The molecule has 0 saturated heterocycles. The van der Waals surface area contributed by atoms with Crippen LogP contribution in [0.2, 0.25) is 0 Å². The van der Waals surface area contributed by atoms with Crippen LogP contribution in [0.5, 0.6) is 5.75 Å². The zero-order valence-corrected chi connectivity index (χ0v) is 11.2. The van der Waals surface area contributed by atoms with E-state index >= 15 is 0 Å². The molecule has 0 radical (unpaired) electrons. The molecule has 0 bridgehead atoms. The van der Waals surface area contributed by atoms with Gasteiger partial charge in [0.2, 0.25) is 0 Å². The highest BCUT2D eigenvalue weighted by Crippen LogP contribution is 2.28. The number of halogens is 3. The largest absolute Gasteiger partial charge is 0.573 e. The summed E-state index contributed by atoms with van der Waals surface area (Å²) >= 11 is 0. The summed E-state index contributed by atoms with van der Waals surface area (Å²) in [5.41, 5.74) is 5.88. The van der Waals surface area contributed by atoms with Crippen molar-refractivity contribution in [2.75, 3.05) is 6.61 Å². The second-order valence-electron chi connectivity index (χ2n) is 3.95. The molecular formula is C13H13F3N2O3. The maximum Gasteiger partial charge on any atom is 0.573 e. The highest BCUT2D eigenvalue weighted by atomic mass is 19.4. The van der Waals surface area contributed by atoms with E-state index in [0.717, 1.165) is 12.1 Å². The maximum atomic E-state index is 12.3. The van der Waals surface area contributed by atoms with Crippen molar-refractivity contribution in [2.45, 2.75) is 26.3 Å². The molecule has 0 amide bonds. The molecule has 0 fully saturated rings. The van der Waals surface area contributed by atoms with Gasteiger partial charge in [-0.1, -0.05) is 0 Å². The molecule has 0 heterocycles. The molecule has 0 unspecified atom stereocenters. The Balaban J connectivity index is 3.22. The minimum atomic E-state index is -4.89. The number of nitrogens with two attached hydrogens (primary N) is 1. The minimum absolute atomic E-state index is 0.0708. The second-order valence-corrected chi connectivity index (χ2v) is 3.95. The third-order valence-corrected chi connectivity index (χ3v) is 2.51. The molecule has 5 nitrogen and oxygen atoms in total. The zero-order valence-electron chi connectivity index (χ0n) is 11.2. The Hall–Kier alpha value is -2.27. The van der Waals surface area contributed by atoms with Crippen LogP contribution in [0, 0.1) is 11.3 Å². The Bertz CT molecular complexity index is 565. The first-order valence-electron chi connectivity index (χ1n) is 5.98. The van der Waals surface area contributed by atoms with E-state index < -0.39 is 18.1 Å². The monoisotopic (exact) mass is 302 g/mol. The summed E-state index contributed by atoms with van der Waals surface area (Å²) in [6.45, 7) is 1.65. The summed E-state index contributed by atoms with van der Waals surface area (Å²) in [7, 11) is 0. The van der Waals surface area contributed by atoms with Crippen LogP contribution in [0.15, 0.2) is 12.1 Å². The molecule has 21 heavy (non-hydrogen) atoms. The molecule has 0 atom stereocenters. The standard InChI is InChI=1S/C13H13F3N2O3/c1-2-20-12(19)5-8-3-10(21-13(14,15)16)4-9(6-17)11(8)7-18/h3-4H,2,5,7,18H2,1H3. The molecular weight excluding hydrogens is 289 g/mol. The van der Waals surface area contributed by atoms with Crippen molar-refractivity contribution in [3.63, 3.8) is 0 Å². The van der Waals surface area contributed by atoms with Crippen molar-refractivity contribution in [1.29, 1.82) is 5.26 Å². The van der Waals surface area contributed by atoms with Crippen molar-refractivity contribution >= 4 is 5.97 Å². The highest BCUT2D eigenvalue weighted by molar-refractivity contribution is 5.73. The predicted octanol–water partition coefficient (Wildman–Crippen LogP) is 2.02. The van der Waals surface area contributed by atoms with Gasteiger partial charge in [0.1, 0.15) is 5.75 Å². The predicted molar refractivity (Wildman–Crippen MR) is 66.1 cm³/mol. The molecule has 8 heteroatoms. The lowest BCUT2D eigenvalue weighted by Gasteiger charge is -2.14. The van der Waals surface area contributed by atoms with Gasteiger partial charge in [-0.2, -0.15) is 5.26 Å². The zero-order chi connectivity index (χ0) is 16.0. The third kappa shape index (κ3) is 4.96. The van der Waals surface area contributed by atoms with Crippen molar-refractivity contribution in [2.24, 2.45) is 5.73 Å². The van der Waals surface area contributed by atoms with Gasteiger partial charge >= 0.3 is 12.3 Å². The first-order valence-corrected chi connectivity index (χ1v) is 5.98. The van der Waals surface area contributed by atoms with Crippen LogP contribution in [0.4, 0.5) is 13.2 Å². The number of carbonyl (C=O) groups is 1. The van der Waals surface area contributed by atoms with E-state index in [9.17, 15) is 18.0 Å². The lowest BCUT2D eigenvalue weighted by atomic mass is 9.98. The summed E-state index contributed by atoms with van der Waals surface area (Å²) in [6.07, 6.45) is -5.18. The molecule has 1 aromatic rings. The molecule has 2 N–H and O–H groups in total. The molecule has 0 spiro atoms. The maximum absolute atomic E-state index is 12.3. The molecule has 0 aliphatic rings. The van der Waals surface area contributed by atoms with Crippen molar-refractivity contribution < 1.29 is 27.4 Å². The molecule has 0 aromatic heterocycles. The Labute approximate surface area is 119 Å². The number of carbonyl (C=O) groups excluding carboxylic acids is 1. The van der Waals surface area contributed by atoms with Crippen LogP contribution >= 0.6 is 0 Å². The summed E-state index contributed by atoms with van der Waals surface area (Å²) in [5.74, 6) is -1.20. The summed E-state index contributed by atoms with van der Waals surface area (Å²) in [5, 5.41) is 8.98. The smallest absolute Gasteiger partial charge is 0.466 e. The van der Waals surface area contributed by atoms with Crippen LogP contribution in [-0.2, 0) is 22.5 Å². The first-order chi connectivity index (χ1) is 9.80. The van der Waals surface area contributed by atoms with Crippen LogP contribution in [0.1, 0.15) is 23.6 Å². The van der Waals surface area contributed by atoms with E-state index in [2.05, 4.69) is 4.74 Å². The molecule has 0 aliphatic carbocycles. The van der Waals surface area contributed by atoms with E-state index in [1.54, 1.807) is 13.0 Å². The number of rotatable bonds is 5.